The number of hydrogen-bond donors (Lipinski definition) is 2. The van der Waals surface area contributed by atoms with Gasteiger partial charge >= 0.3 is 0 Å². The lowest BCUT2D eigenvalue weighted by Crippen LogP contribution is -2.26. The molecule has 0 spiro atoms. The van der Waals surface area contributed by atoms with Crippen molar-refractivity contribution in [1.29, 1.82) is 0 Å². The zero-order chi connectivity index (χ0) is 19.9. The Labute approximate surface area is 164 Å². The quantitative estimate of drug-likeness (QED) is 0.485. The van der Waals surface area contributed by atoms with Crippen molar-refractivity contribution in [3.05, 3.63) is 66.2 Å². The Hall–Kier alpha value is -3.54. The highest BCUT2D eigenvalue weighted by Gasteiger charge is 2.09. The van der Waals surface area contributed by atoms with Gasteiger partial charge < -0.3 is 14.8 Å². The molecule has 6 heteroatoms. The zero-order valence-corrected chi connectivity index (χ0v) is 16.2. The number of benzene rings is 3. The molecule has 28 heavy (non-hydrogen) atoms. The molecule has 3 aromatic carbocycles. The maximum atomic E-state index is 12.2. The number of carbonyl (C=O) groups is 1. The highest BCUT2D eigenvalue weighted by molar-refractivity contribution is 6.11. The van der Waals surface area contributed by atoms with Crippen molar-refractivity contribution in [2.24, 2.45) is 5.10 Å². The number of hydrogen-bond acceptors (Lipinski definition) is 5. The van der Waals surface area contributed by atoms with Gasteiger partial charge in [-0.2, -0.15) is 5.10 Å². The number of rotatable bonds is 7. The molecular weight excluding hydrogens is 354 g/mol. The van der Waals surface area contributed by atoms with Gasteiger partial charge in [0.2, 0.25) is 0 Å². The molecule has 0 aliphatic carbocycles. The third kappa shape index (κ3) is 4.23. The fraction of sp³-hybridized carbons (Fsp3) is 0.182. The van der Waals surface area contributed by atoms with E-state index in [4.69, 9.17) is 9.47 Å². The van der Waals surface area contributed by atoms with E-state index in [1.165, 1.54) is 0 Å². The van der Waals surface area contributed by atoms with Crippen LogP contribution in [0.15, 0.2) is 65.8 Å². The number of amides is 1. The van der Waals surface area contributed by atoms with Crippen LogP contribution >= 0.6 is 0 Å². The van der Waals surface area contributed by atoms with Gasteiger partial charge in [0.25, 0.3) is 5.91 Å². The number of methoxy groups -OCH3 is 2. The van der Waals surface area contributed by atoms with E-state index in [1.807, 2.05) is 67.6 Å². The molecule has 144 valence electrons. The number of carbonyl (C=O) groups excluding carboxylic acids is 1. The minimum atomic E-state index is -0.247. The van der Waals surface area contributed by atoms with Crippen LogP contribution in [0.4, 0.5) is 5.69 Å². The number of ether oxygens (including phenoxy) is 2. The SMILES string of the molecule is COc1ccccc1NCC(=O)N/N=C(/C)c1ccc(OC)c2ccccc12. The van der Waals surface area contributed by atoms with Crippen molar-refractivity contribution >= 4 is 28.1 Å². The molecule has 0 bridgehead atoms. The van der Waals surface area contributed by atoms with Gasteiger partial charge in [-0.25, -0.2) is 5.43 Å². The van der Waals surface area contributed by atoms with E-state index in [-0.39, 0.29) is 12.5 Å². The van der Waals surface area contributed by atoms with Crippen molar-refractivity contribution in [3.63, 3.8) is 0 Å². The monoisotopic (exact) mass is 377 g/mol. The predicted molar refractivity (Wildman–Crippen MR) is 112 cm³/mol. The molecule has 0 fully saturated rings. The van der Waals surface area contributed by atoms with Crippen LogP contribution in [0.1, 0.15) is 12.5 Å². The summed E-state index contributed by atoms with van der Waals surface area (Å²) in [7, 11) is 3.24. The van der Waals surface area contributed by atoms with E-state index < -0.39 is 0 Å². The van der Waals surface area contributed by atoms with E-state index >= 15 is 0 Å². The van der Waals surface area contributed by atoms with Crippen LogP contribution in [0, 0.1) is 0 Å². The molecule has 0 heterocycles. The average Bonchev–Trinajstić information content (AvgIpc) is 2.75. The highest BCUT2D eigenvalue weighted by atomic mass is 16.5. The average molecular weight is 377 g/mol. The zero-order valence-electron chi connectivity index (χ0n) is 16.2. The van der Waals surface area contributed by atoms with Gasteiger partial charge in [-0.15, -0.1) is 0 Å². The van der Waals surface area contributed by atoms with Gasteiger partial charge in [0, 0.05) is 10.9 Å². The third-order valence-corrected chi connectivity index (χ3v) is 4.39. The van der Waals surface area contributed by atoms with E-state index in [0.29, 0.717) is 11.5 Å². The Bertz CT molecular complexity index is 1010. The molecule has 6 nitrogen and oxygen atoms in total. The second-order valence-electron chi connectivity index (χ2n) is 6.15. The highest BCUT2D eigenvalue weighted by Crippen LogP contribution is 2.28. The molecule has 0 atom stereocenters. The van der Waals surface area contributed by atoms with Gasteiger partial charge in [-0.05, 0) is 36.6 Å². The van der Waals surface area contributed by atoms with Crippen molar-refractivity contribution in [1.82, 2.24) is 5.43 Å². The first-order valence-corrected chi connectivity index (χ1v) is 8.90. The van der Waals surface area contributed by atoms with Crippen LogP contribution in [0.2, 0.25) is 0 Å². The van der Waals surface area contributed by atoms with Crippen LogP contribution in [-0.4, -0.2) is 32.4 Å². The van der Waals surface area contributed by atoms with E-state index in [1.54, 1.807) is 14.2 Å². The molecule has 0 unspecified atom stereocenters. The minimum absolute atomic E-state index is 0.0838. The summed E-state index contributed by atoms with van der Waals surface area (Å²) in [5.41, 5.74) is 5.00. The number of hydrazone groups is 1. The largest absolute Gasteiger partial charge is 0.496 e. The second kappa shape index (κ2) is 8.90. The van der Waals surface area contributed by atoms with Gasteiger partial charge in [0.15, 0.2) is 0 Å². The summed E-state index contributed by atoms with van der Waals surface area (Å²) in [6, 6.07) is 19.2. The van der Waals surface area contributed by atoms with Crippen molar-refractivity contribution in [2.45, 2.75) is 6.92 Å². The third-order valence-electron chi connectivity index (χ3n) is 4.39. The van der Waals surface area contributed by atoms with Crippen LogP contribution in [0.5, 0.6) is 11.5 Å². The normalized spacial score (nSPS) is 11.2. The molecule has 0 aliphatic rings. The van der Waals surface area contributed by atoms with Gasteiger partial charge in [-0.1, -0.05) is 36.4 Å². The fourth-order valence-electron chi connectivity index (χ4n) is 2.98. The van der Waals surface area contributed by atoms with Crippen LogP contribution in [0.25, 0.3) is 10.8 Å². The summed E-state index contributed by atoms with van der Waals surface area (Å²) in [5.74, 6) is 1.24. The Morgan fingerprint density at radius 2 is 1.57 bits per heavy atom. The lowest BCUT2D eigenvalue weighted by Gasteiger charge is -2.11. The van der Waals surface area contributed by atoms with Gasteiger partial charge in [-0.3, -0.25) is 4.79 Å². The predicted octanol–water partition coefficient (Wildman–Crippen LogP) is 3.81. The molecule has 2 N–H and O–H groups in total. The number of anilines is 1. The smallest absolute Gasteiger partial charge is 0.259 e. The standard InChI is InChI=1S/C22H23N3O3/c1-15(16-12-13-20(27-2)18-9-5-4-8-17(16)18)24-25-22(26)14-23-19-10-6-7-11-21(19)28-3/h4-13,23H,14H2,1-3H3,(H,25,26)/b24-15-. The molecule has 0 aliphatic heterocycles. The first kappa shape index (κ1) is 19.2. The maximum Gasteiger partial charge on any atom is 0.259 e. The molecule has 0 saturated carbocycles. The summed E-state index contributed by atoms with van der Waals surface area (Å²) < 4.78 is 10.7. The maximum absolute atomic E-state index is 12.2. The fourth-order valence-corrected chi connectivity index (χ4v) is 2.98. The molecule has 0 radical (unpaired) electrons. The Morgan fingerprint density at radius 1 is 0.893 bits per heavy atom. The molecule has 3 rings (SSSR count). The number of para-hydroxylation sites is 2. The molecule has 1 amide bonds. The molecular formula is C22H23N3O3. The van der Waals surface area contributed by atoms with Crippen molar-refractivity contribution in [2.75, 3.05) is 26.1 Å². The summed E-state index contributed by atoms with van der Waals surface area (Å²) >= 11 is 0. The first-order chi connectivity index (χ1) is 13.6. The van der Waals surface area contributed by atoms with Gasteiger partial charge in [0.1, 0.15) is 11.5 Å². The summed E-state index contributed by atoms with van der Waals surface area (Å²) in [5, 5.41) is 9.33. The minimum Gasteiger partial charge on any atom is -0.496 e. The van der Waals surface area contributed by atoms with Crippen LogP contribution in [-0.2, 0) is 4.79 Å². The van der Waals surface area contributed by atoms with Crippen molar-refractivity contribution < 1.29 is 14.3 Å². The van der Waals surface area contributed by atoms with E-state index in [9.17, 15) is 4.79 Å². The number of nitrogens with one attached hydrogen (secondary N) is 2. The molecule has 3 aromatic rings. The van der Waals surface area contributed by atoms with E-state index in [2.05, 4.69) is 15.8 Å². The summed E-state index contributed by atoms with van der Waals surface area (Å²) in [4.78, 5) is 12.2. The summed E-state index contributed by atoms with van der Waals surface area (Å²) in [6.07, 6.45) is 0. The van der Waals surface area contributed by atoms with E-state index in [0.717, 1.165) is 27.8 Å². The Kier molecular flexibility index (Phi) is 6.11. The number of nitrogens with zero attached hydrogens (tertiary/aromatic N) is 1. The Morgan fingerprint density at radius 3 is 2.32 bits per heavy atom. The lowest BCUT2D eigenvalue weighted by molar-refractivity contribution is -0.119. The van der Waals surface area contributed by atoms with Crippen LogP contribution in [0.3, 0.4) is 0 Å². The number of fused-ring (bicyclic) bond motifs is 1. The van der Waals surface area contributed by atoms with Crippen LogP contribution < -0.4 is 20.2 Å². The molecule has 0 aromatic heterocycles. The first-order valence-electron chi connectivity index (χ1n) is 8.90. The Balaban J connectivity index is 1.71. The summed E-state index contributed by atoms with van der Waals surface area (Å²) in [6.45, 7) is 1.95. The topological polar surface area (TPSA) is 72.0 Å². The molecule has 0 saturated heterocycles. The second-order valence-corrected chi connectivity index (χ2v) is 6.15. The van der Waals surface area contributed by atoms with Gasteiger partial charge in [0.05, 0.1) is 32.2 Å². The van der Waals surface area contributed by atoms with Crippen molar-refractivity contribution in [3.8, 4) is 11.5 Å². The lowest BCUT2D eigenvalue weighted by atomic mass is 10.0.